The Morgan fingerprint density at radius 2 is 1.86 bits per heavy atom. The van der Waals surface area contributed by atoms with Crippen LogP contribution in [0, 0.1) is 0 Å². The van der Waals surface area contributed by atoms with Crippen molar-refractivity contribution >= 4 is 17.6 Å². The number of unbranched alkanes of at least 4 members (excludes halogenated alkanes) is 1. The lowest BCUT2D eigenvalue weighted by atomic mass is 10.1. The number of carbonyl (C=O) groups is 2. The summed E-state index contributed by atoms with van der Waals surface area (Å²) in [6.45, 7) is 9.24. The van der Waals surface area contributed by atoms with Crippen LogP contribution in [0.5, 0.6) is 0 Å². The van der Waals surface area contributed by atoms with Crippen LogP contribution in [0.15, 0.2) is 24.3 Å². The molecule has 0 fully saturated rings. The molecular formula is C17H27N3O2. The summed E-state index contributed by atoms with van der Waals surface area (Å²) in [6.07, 6.45) is 2.02. The summed E-state index contributed by atoms with van der Waals surface area (Å²) in [5.74, 6) is -0.0450. The van der Waals surface area contributed by atoms with Gasteiger partial charge in [-0.1, -0.05) is 25.5 Å². The van der Waals surface area contributed by atoms with Crippen LogP contribution in [0.1, 0.15) is 50.9 Å². The fraction of sp³-hybridized carbons (Fsp3) is 0.529. The van der Waals surface area contributed by atoms with Crippen LogP contribution in [-0.2, 0) is 0 Å². The van der Waals surface area contributed by atoms with Crippen LogP contribution in [0.25, 0.3) is 0 Å². The number of nitrogens with zero attached hydrogens (tertiary/aromatic N) is 1. The maximum Gasteiger partial charge on any atom is 0.319 e. The molecule has 0 radical (unpaired) electrons. The minimum atomic E-state index is -0.299. The van der Waals surface area contributed by atoms with Crippen molar-refractivity contribution in [1.29, 1.82) is 0 Å². The molecule has 0 aromatic heterocycles. The average molecular weight is 305 g/mol. The summed E-state index contributed by atoms with van der Waals surface area (Å²) in [5, 5.41) is 5.52. The molecule has 0 spiro atoms. The third-order valence-corrected chi connectivity index (χ3v) is 3.28. The molecule has 0 bridgehead atoms. The Morgan fingerprint density at radius 1 is 1.18 bits per heavy atom. The van der Waals surface area contributed by atoms with Gasteiger partial charge in [-0.05, 0) is 39.3 Å². The molecule has 0 unspecified atom stereocenters. The van der Waals surface area contributed by atoms with E-state index in [1.54, 1.807) is 12.1 Å². The first kappa shape index (κ1) is 18.0. The summed E-state index contributed by atoms with van der Waals surface area (Å²) in [7, 11) is 0. The smallest absolute Gasteiger partial charge is 0.319 e. The molecule has 0 aliphatic carbocycles. The first-order chi connectivity index (χ1) is 10.5. The van der Waals surface area contributed by atoms with E-state index < -0.39 is 0 Å². The highest BCUT2D eigenvalue weighted by Gasteiger charge is 2.18. The molecule has 3 amide bonds. The van der Waals surface area contributed by atoms with Crippen molar-refractivity contribution in [2.75, 3.05) is 18.4 Å². The highest BCUT2D eigenvalue weighted by atomic mass is 16.2. The highest BCUT2D eigenvalue weighted by Crippen LogP contribution is 2.17. The van der Waals surface area contributed by atoms with E-state index in [-0.39, 0.29) is 18.0 Å². The van der Waals surface area contributed by atoms with Crippen LogP contribution in [0.3, 0.4) is 0 Å². The van der Waals surface area contributed by atoms with Crippen LogP contribution < -0.4 is 10.6 Å². The topological polar surface area (TPSA) is 61.4 Å². The molecule has 0 aliphatic heterocycles. The lowest BCUT2D eigenvalue weighted by Crippen LogP contribution is -2.36. The second-order valence-corrected chi connectivity index (χ2v) is 5.54. The monoisotopic (exact) mass is 305 g/mol. The minimum Gasteiger partial charge on any atom is -0.339 e. The average Bonchev–Trinajstić information content (AvgIpc) is 2.47. The fourth-order valence-electron chi connectivity index (χ4n) is 2.12. The Balaban J connectivity index is 2.90. The van der Waals surface area contributed by atoms with Gasteiger partial charge in [-0.2, -0.15) is 0 Å². The second-order valence-electron chi connectivity index (χ2n) is 5.54. The molecule has 0 aliphatic rings. The predicted octanol–water partition coefficient (Wildman–Crippen LogP) is 3.48. The first-order valence-electron chi connectivity index (χ1n) is 7.95. The lowest BCUT2D eigenvalue weighted by Gasteiger charge is -2.22. The Bertz CT molecular complexity index is 500. The quantitative estimate of drug-likeness (QED) is 0.810. The predicted molar refractivity (Wildman–Crippen MR) is 90.2 cm³/mol. The molecule has 5 heteroatoms. The third-order valence-electron chi connectivity index (χ3n) is 3.28. The maximum atomic E-state index is 12.7. The van der Waals surface area contributed by atoms with Gasteiger partial charge in [0.15, 0.2) is 0 Å². The molecule has 1 aromatic rings. The molecule has 1 aromatic carbocycles. The van der Waals surface area contributed by atoms with Crippen LogP contribution in [-0.4, -0.2) is 36.0 Å². The molecule has 0 saturated carbocycles. The van der Waals surface area contributed by atoms with Crippen molar-refractivity contribution in [3.05, 3.63) is 29.8 Å². The summed E-state index contributed by atoms with van der Waals surface area (Å²) in [5.41, 5.74) is 1.07. The normalized spacial score (nSPS) is 10.4. The minimum absolute atomic E-state index is 0.0413. The number of rotatable bonds is 7. The van der Waals surface area contributed by atoms with Crippen molar-refractivity contribution in [1.82, 2.24) is 10.2 Å². The van der Waals surface area contributed by atoms with Gasteiger partial charge in [0.1, 0.15) is 0 Å². The number of hydrogen-bond donors (Lipinski definition) is 2. The molecule has 0 saturated heterocycles. The van der Waals surface area contributed by atoms with Gasteiger partial charge >= 0.3 is 6.03 Å². The van der Waals surface area contributed by atoms with E-state index in [0.717, 1.165) is 19.4 Å². The highest BCUT2D eigenvalue weighted by molar-refractivity contribution is 6.03. The number of benzene rings is 1. The van der Waals surface area contributed by atoms with Crippen LogP contribution in [0.2, 0.25) is 0 Å². The number of hydrogen-bond acceptors (Lipinski definition) is 2. The largest absolute Gasteiger partial charge is 0.339 e. The Morgan fingerprint density at radius 3 is 2.45 bits per heavy atom. The van der Waals surface area contributed by atoms with Gasteiger partial charge in [0.2, 0.25) is 0 Å². The van der Waals surface area contributed by atoms with Crippen molar-refractivity contribution in [3.8, 4) is 0 Å². The van der Waals surface area contributed by atoms with E-state index >= 15 is 0 Å². The van der Waals surface area contributed by atoms with E-state index in [2.05, 4.69) is 17.6 Å². The second kappa shape index (κ2) is 9.07. The number of amides is 3. The third kappa shape index (κ3) is 5.39. The maximum absolute atomic E-state index is 12.7. The van der Waals surface area contributed by atoms with Gasteiger partial charge in [0.05, 0.1) is 11.3 Å². The van der Waals surface area contributed by atoms with Crippen molar-refractivity contribution in [3.63, 3.8) is 0 Å². The van der Waals surface area contributed by atoms with E-state index in [1.165, 1.54) is 0 Å². The fourth-order valence-corrected chi connectivity index (χ4v) is 2.12. The number of para-hydroxylation sites is 1. The molecule has 5 nitrogen and oxygen atoms in total. The molecule has 122 valence electrons. The van der Waals surface area contributed by atoms with Gasteiger partial charge in [0.25, 0.3) is 5.91 Å². The van der Waals surface area contributed by atoms with Gasteiger partial charge in [-0.15, -0.1) is 0 Å². The van der Waals surface area contributed by atoms with Gasteiger partial charge in [-0.25, -0.2) is 4.79 Å². The molecule has 0 heterocycles. The molecule has 1 rings (SSSR count). The molecule has 0 atom stereocenters. The van der Waals surface area contributed by atoms with Crippen LogP contribution in [0.4, 0.5) is 10.5 Å². The standard InChI is InChI=1S/C17H27N3O2/c1-5-7-12-20(6-2)16(21)14-10-8-9-11-15(14)19-17(22)18-13(3)4/h8-11,13H,5-7,12H2,1-4H3,(H2,18,19,22). The summed E-state index contributed by atoms with van der Waals surface area (Å²) >= 11 is 0. The molecular weight excluding hydrogens is 278 g/mol. The summed E-state index contributed by atoms with van der Waals surface area (Å²) < 4.78 is 0. The zero-order valence-corrected chi connectivity index (χ0v) is 14.0. The van der Waals surface area contributed by atoms with E-state index in [9.17, 15) is 9.59 Å². The van der Waals surface area contributed by atoms with Crippen molar-refractivity contribution in [2.45, 2.75) is 46.6 Å². The van der Waals surface area contributed by atoms with E-state index in [0.29, 0.717) is 17.8 Å². The number of carbonyl (C=O) groups excluding carboxylic acids is 2. The van der Waals surface area contributed by atoms with Crippen molar-refractivity contribution in [2.24, 2.45) is 0 Å². The van der Waals surface area contributed by atoms with Gasteiger partial charge in [-0.3, -0.25) is 4.79 Å². The Labute approximate surface area is 133 Å². The zero-order chi connectivity index (χ0) is 16.5. The van der Waals surface area contributed by atoms with Crippen LogP contribution >= 0.6 is 0 Å². The summed E-state index contributed by atoms with van der Waals surface area (Å²) in [4.78, 5) is 26.3. The lowest BCUT2D eigenvalue weighted by molar-refractivity contribution is 0.0763. The molecule has 22 heavy (non-hydrogen) atoms. The summed E-state index contributed by atoms with van der Waals surface area (Å²) in [6, 6.07) is 6.87. The van der Waals surface area contributed by atoms with Gasteiger partial charge in [0, 0.05) is 19.1 Å². The van der Waals surface area contributed by atoms with E-state index in [1.807, 2.05) is 37.8 Å². The van der Waals surface area contributed by atoms with E-state index in [4.69, 9.17) is 0 Å². The number of nitrogens with one attached hydrogen (secondary N) is 2. The SMILES string of the molecule is CCCCN(CC)C(=O)c1ccccc1NC(=O)NC(C)C. The molecule has 2 N–H and O–H groups in total. The number of anilines is 1. The first-order valence-corrected chi connectivity index (χ1v) is 7.95. The Hall–Kier alpha value is -2.04. The zero-order valence-electron chi connectivity index (χ0n) is 14.0. The van der Waals surface area contributed by atoms with Crippen molar-refractivity contribution < 1.29 is 9.59 Å². The number of urea groups is 1. The Kier molecular flexibility index (Phi) is 7.43. The van der Waals surface area contributed by atoms with Gasteiger partial charge < -0.3 is 15.5 Å².